The summed E-state index contributed by atoms with van der Waals surface area (Å²) in [7, 11) is 0. The maximum atomic E-state index is 12.1. The summed E-state index contributed by atoms with van der Waals surface area (Å²) in [6, 6.07) is 17.8. The largest absolute Gasteiger partial charge is 0.322 e. The van der Waals surface area contributed by atoms with Crippen LogP contribution in [0.5, 0.6) is 0 Å². The lowest BCUT2D eigenvalue weighted by Gasteiger charge is -2.24. The van der Waals surface area contributed by atoms with Crippen LogP contribution in [-0.4, -0.2) is 16.6 Å². The zero-order chi connectivity index (χ0) is 13.9. The minimum absolute atomic E-state index is 0.0833. The molecule has 0 bridgehead atoms. The van der Waals surface area contributed by atoms with Crippen molar-refractivity contribution in [3.05, 3.63) is 70.7 Å². The quantitative estimate of drug-likeness (QED) is 0.850. The summed E-state index contributed by atoms with van der Waals surface area (Å²) < 4.78 is 0. The first kappa shape index (κ1) is 13.5. The summed E-state index contributed by atoms with van der Waals surface area (Å²) in [4.78, 5) is 14.0. The molecule has 1 amide bonds. The molecule has 1 aliphatic heterocycles. The van der Waals surface area contributed by atoms with Crippen LogP contribution in [0.3, 0.4) is 0 Å². The van der Waals surface area contributed by atoms with Crippen molar-refractivity contribution in [3.8, 4) is 0 Å². The zero-order valence-electron chi connectivity index (χ0n) is 10.8. The van der Waals surface area contributed by atoms with Gasteiger partial charge in [0, 0.05) is 11.6 Å². The lowest BCUT2D eigenvalue weighted by atomic mass is 10.1. The Labute approximate surface area is 127 Å². The second-order valence-corrected chi connectivity index (χ2v) is 6.23. The fourth-order valence-electron chi connectivity index (χ4n) is 2.31. The maximum absolute atomic E-state index is 12.1. The fourth-order valence-corrected chi connectivity index (χ4v) is 3.62. The maximum Gasteiger partial charge on any atom is 0.234 e. The number of benzene rings is 2. The Hall–Kier alpha value is -1.45. The average molecular weight is 304 g/mol. The minimum Gasteiger partial charge on any atom is -0.322 e. The first-order valence-corrected chi connectivity index (χ1v) is 7.87. The molecule has 0 aliphatic carbocycles. The number of thioether (sulfide) groups is 1. The monoisotopic (exact) mass is 303 g/mol. The van der Waals surface area contributed by atoms with E-state index in [0.29, 0.717) is 12.3 Å². The van der Waals surface area contributed by atoms with Gasteiger partial charge in [0.05, 0.1) is 5.75 Å². The van der Waals surface area contributed by atoms with E-state index in [-0.39, 0.29) is 11.3 Å². The van der Waals surface area contributed by atoms with Crippen LogP contribution < -0.4 is 0 Å². The molecule has 1 heterocycles. The molecule has 102 valence electrons. The van der Waals surface area contributed by atoms with Crippen molar-refractivity contribution in [1.29, 1.82) is 0 Å². The van der Waals surface area contributed by atoms with Gasteiger partial charge in [0.25, 0.3) is 0 Å². The van der Waals surface area contributed by atoms with Crippen molar-refractivity contribution < 1.29 is 4.79 Å². The molecule has 0 aromatic heterocycles. The smallest absolute Gasteiger partial charge is 0.234 e. The van der Waals surface area contributed by atoms with Gasteiger partial charge in [-0.2, -0.15) is 0 Å². The molecule has 1 fully saturated rings. The van der Waals surface area contributed by atoms with Crippen molar-refractivity contribution in [2.24, 2.45) is 0 Å². The molecule has 0 radical (unpaired) electrons. The predicted octanol–water partition coefficient (Wildman–Crippen LogP) is 4.11. The number of halogens is 1. The Morgan fingerprint density at radius 1 is 1.10 bits per heavy atom. The summed E-state index contributed by atoms with van der Waals surface area (Å²) in [6.07, 6.45) is 0. The van der Waals surface area contributed by atoms with Crippen molar-refractivity contribution in [1.82, 2.24) is 4.90 Å². The van der Waals surface area contributed by atoms with Crippen LogP contribution in [0.2, 0.25) is 5.02 Å². The fraction of sp³-hybridized carbons (Fsp3) is 0.188. The molecule has 1 saturated heterocycles. The van der Waals surface area contributed by atoms with Crippen molar-refractivity contribution in [2.45, 2.75) is 11.9 Å². The lowest BCUT2D eigenvalue weighted by molar-refractivity contribution is -0.128. The molecule has 0 saturated carbocycles. The van der Waals surface area contributed by atoms with E-state index >= 15 is 0 Å². The Morgan fingerprint density at radius 3 is 2.50 bits per heavy atom. The highest BCUT2D eigenvalue weighted by Crippen LogP contribution is 2.39. The summed E-state index contributed by atoms with van der Waals surface area (Å²) in [5.41, 5.74) is 2.28. The SMILES string of the molecule is O=C1CSC(c2ccc(Cl)cc2)N1Cc1ccccc1. The summed E-state index contributed by atoms with van der Waals surface area (Å²) in [5, 5.41) is 0.803. The minimum atomic E-state index is 0.0833. The van der Waals surface area contributed by atoms with Gasteiger partial charge in [-0.3, -0.25) is 4.79 Å². The molecule has 2 aromatic rings. The Bertz CT molecular complexity index is 600. The second kappa shape index (κ2) is 5.90. The van der Waals surface area contributed by atoms with Crippen LogP contribution in [0.15, 0.2) is 54.6 Å². The number of amides is 1. The highest BCUT2D eigenvalue weighted by atomic mass is 35.5. The van der Waals surface area contributed by atoms with E-state index in [4.69, 9.17) is 11.6 Å². The van der Waals surface area contributed by atoms with Crippen molar-refractivity contribution in [3.63, 3.8) is 0 Å². The van der Waals surface area contributed by atoms with Crippen LogP contribution >= 0.6 is 23.4 Å². The predicted molar refractivity (Wildman–Crippen MR) is 83.6 cm³/mol. The Morgan fingerprint density at radius 2 is 1.80 bits per heavy atom. The number of hydrogen-bond donors (Lipinski definition) is 0. The van der Waals surface area contributed by atoms with Gasteiger partial charge in [-0.25, -0.2) is 0 Å². The molecule has 0 N–H and O–H groups in total. The third-order valence-corrected chi connectivity index (χ3v) is 4.83. The highest BCUT2D eigenvalue weighted by Gasteiger charge is 2.32. The topological polar surface area (TPSA) is 20.3 Å². The molecule has 4 heteroatoms. The van der Waals surface area contributed by atoms with E-state index in [0.717, 1.165) is 16.1 Å². The number of carbonyl (C=O) groups excluding carboxylic acids is 1. The standard InChI is InChI=1S/C16H14ClNOS/c17-14-8-6-13(7-9-14)16-18(15(19)11-20-16)10-12-4-2-1-3-5-12/h1-9,16H,10-11H2. The lowest BCUT2D eigenvalue weighted by Crippen LogP contribution is -2.27. The first-order chi connectivity index (χ1) is 9.74. The van der Waals surface area contributed by atoms with Crippen LogP contribution in [0.4, 0.5) is 0 Å². The van der Waals surface area contributed by atoms with Crippen molar-refractivity contribution in [2.75, 3.05) is 5.75 Å². The van der Waals surface area contributed by atoms with Gasteiger partial charge in [0.15, 0.2) is 0 Å². The Kier molecular flexibility index (Phi) is 3.99. The van der Waals surface area contributed by atoms with Gasteiger partial charge in [0.2, 0.25) is 5.91 Å². The van der Waals surface area contributed by atoms with Crippen LogP contribution in [0.25, 0.3) is 0 Å². The number of rotatable bonds is 3. The van der Waals surface area contributed by atoms with Gasteiger partial charge >= 0.3 is 0 Å². The highest BCUT2D eigenvalue weighted by molar-refractivity contribution is 8.00. The average Bonchev–Trinajstić information content (AvgIpc) is 2.83. The molecule has 2 nitrogen and oxygen atoms in total. The number of nitrogens with zero attached hydrogens (tertiary/aromatic N) is 1. The Balaban J connectivity index is 1.83. The first-order valence-electron chi connectivity index (χ1n) is 6.44. The van der Waals surface area contributed by atoms with Gasteiger partial charge in [0.1, 0.15) is 5.37 Å². The van der Waals surface area contributed by atoms with E-state index in [1.54, 1.807) is 11.8 Å². The second-order valence-electron chi connectivity index (χ2n) is 4.72. The molecule has 1 unspecified atom stereocenters. The summed E-state index contributed by atoms with van der Waals surface area (Å²) in [6.45, 7) is 0.653. The van der Waals surface area contributed by atoms with Crippen LogP contribution in [0.1, 0.15) is 16.5 Å². The van der Waals surface area contributed by atoms with Gasteiger partial charge in [-0.1, -0.05) is 54.1 Å². The molecule has 3 rings (SSSR count). The molecular formula is C16H14ClNOS. The molecule has 0 spiro atoms. The molecular weight excluding hydrogens is 290 g/mol. The summed E-state index contributed by atoms with van der Waals surface area (Å²) in [5.74, 6) is 0.735. The third kappa shape index (κ3) is 2.84. The number of carbonyl (C=O) groups is 1. The normalized spacial score (nSPS) is 18.6. The molecule has 1 aliphatic rings. The third-order valence-electron chi connectivity index (χ3n) is 3.32. The van der Waals surface area contributed by atoms with Gasteiger partial charge < -0.3 is 4.90 Å². The molecule has 20 heavy (non-hydrogen) atoms. The molecule has 2 aromatic carbocycles. The van der Waals surface area contributed by atoms with E-state index < -0.39 is 0 Å². The zero-order valence-corrected chi connectivity index (χ0v) is 12.4. The number of hydrogen-bond acceptors (Lipinski definition) is 2. The van der Waals surface area contributed by atoms with E-state index in [1.165, 1.54) is 0 Å². The summed E-state index contributed by atoms with van der Waals surface area (Å²) >= 11 is 7.60. The van der Waals surface area contributed by atoms with Crippen molar-refractivity contribution >= 4 is 29.3 Å². The van der Waals surface area contributed by atoms with Crippen LogP contribution in [-0.2, 0) is 11.3 Å². The van der Waals surface area contributed by atoms with Gasteiger partial charge in [-0.05, 0) is 23.3 Å². The van der Waals surface area contributed by atoms with Gasteiger partial charge in [-0.15, -0.1) is 11.8 Å². The van der Waals surface area contributed by atoms with Crippen LogP contribution in [0, 0.1) is 0 Å². The molecule has 1 atom stereocenters. The van der Waals surface area contributed by atoms with E-state index in [1.807, 2.05) is 47.4 Å². The van der Waals surface area contributed by atoms with E-state index in [9.17, 15) is 4.79 Å². The van der Waals surface area contributed by atoms with E-state index in [2.05, 4.69) is 12.1 Å².